The molecule has 5 nitrogen and oxygen atoms in total. The van der Waals surface area contributed by atoms with E-state index in [1.54, 1.807) is 6.07 Å². The average molecular weight is 285 g/mol. The maximum Gasteiger partial charge on any atom is 0.434 e. The predicted octanol–water partition coefficient (Wildman–Crippen LogP) is 2.55. The van der Waals surface area contributed by atoms with Crippen LogP contribution in [0, 0.1) is 0 Å². The van der Waals surface area contributed by atoms with Crippen molar-refractivity contribution >= 4 is 5.97 Å². The van der Waals surface area contributed by atoms with E-state index in [1.807, 2.05) is 6.92 Å². The molecule has 2 heterocycles. The van der Waals surface area contributed by atoms with E-state index in [4.69, 9.17) is 5.11 Å². The zero-order valence-corrected chi connectivity index (χ0v) is 10.3. The van der Waals surface area contributed by atoms with Crippen LogP contribution in [0.3, 0.4) is 0 Å². The summed E-state index contributed by atoms with van der Waals surface area (Å²) in [5, 5.41) is 12.3. The standard InChI is InChI=1S/C12H10F3N3O2/c1-2-7-3-4-16-9(5-7)18-10(12(13,14)15)8(6-17-18)11(19)20/h3-6H,2H2,1H3,(H,19,20). The van der Waals surface area contributed by atoms with Crippen LogP contribution >= 0.6 is 0 Å². The van der Waals surface area contributed by atoms with Crippen molar-refractivity contribution in [2.24, 2.45) is 0 Å². The summed E-state index contributed by atoms with van der Waals surface area (Å²) in [6.45, 7) is 1.84. The zero-order chi connectivity index (χ0) is 14.9. The van der Waals surface area contributed by atoms with Gasteiger partial charge in [0.1, 0.15) is 5.56 Å². The Morgan fingerprint density at radius 3 is 2.70 bits per heavy atom. The fourth-order valence-corrected chi connectivity index (χ4v) is 1.75. The number of hydrogen-bond donors (Lipinski definition) is 1. The predicted molar refractivity (Wildman–Crippen MR) is 62.7 cm³/mol. The number of carboxylic acid groups (broad SMARTS) is 1. The highest BCUT2D eigenvalue weighted by Gasteiger charge is 2.40. The van der Waals surface area contributed by atoms with Gasteiger partial charge >= 0.3 is 12.1 Å². The van der Waals surface area contributed by atoms with Crippen molar-refractivity contribution in [2.45, 2.75) is 19.5 Å². The third-order valence-corrected chi connectivity index (χ3v) is 2.70. The van der Waals surface area contributed by atoms with Crippen LogP contribution in [0.4, 0.5) is 13.2 Å². The van der Waals surface area contributed by atoms with Gasteiger partial charge in [-0.3, -0.25) is 0 Å². The maximum absolute atomic E-state index is 13.0. The molecular formula is C12H10F3N3O2. The third-order valence-electron chi connectivity index (χ3n) is 2.70. The highest BCUT2D eigenvalue weighted by Crippen LogP contribution is 2.33. The molecule has 0 atom stereocenters. The minimum absolute atomic E-state index is 0.0656. The molecule has 0 saturated heterocycles. The molecule has 0 amide bonds. The second-order valence-corrected chi connectivity index (χ2v) is 4.00. The SMILES string of the molecule is CCc1ccnc(-n2ncc(C(=O)O)c2C(F)(F)F)c1. The first kappa shape index (κ1) is 14.0. The molecule has 0 spiro atoms. The van der Waals surface area contributed by atoms with Gasteiger partial charge in [-0.2, -0.15) is 18.3 Å². The second-order valence-electron chi connectivity index (χ2n) is 4.00. The first-order chi connectivity index (χ1) is 9.34. The number of aromatic nitrogens is 3. The van der Waals surface area contributed by atoms with Crippen LogP contribution < -0.4 is 0 Å². The monoisotopic (exact) mass is 285 g/mol. The van der Waals surface area contributed by atoms with Crippen molar-refractivity contribution < 1.29 is 23.1 Å². The number of nitrogens with zero attached hydrogens (tertiary/aromatic N) is 3. The molecular weight excluding hydrogens is 275 g/mol. The first-order valence-corrected chi connectivity index (χ1v) is 5.68. The van der Waals surface area contributed by atoms with Crippen molar-refractivity contribution in [3.63, 3.8) is 0 Å². The van der Waals surface area contributed by atoms with Crippen LogP contribution in [0.2, 0.25) is 0 Å². The fourth-order valence-electron chi connectivity index (χ4n) is 1.75. The Hall–Kier alpha value is -2.38. The lowest BCUT2D eigenvalue weighted by atomic mass is 10.2. The minimum atomic E-state index is -4.84. The van der Waals surface area contributed by atoms with Crippen LogP contribution in [0.25, 0.3) is 5.82 Å². The van der Waals surface area contributed by atoms with Gasteiger partial charge < -0.3 is 5.11 Å². The van der Waals surface area contributed by atoms with E-state index in [0.717, 1.165) is 5.56 Å². The van der Waals surface area contributed by atoms with Crippen molar-refractivity contribution in [2.75, 3.05) is 0 Å². The van der Waals surface area contributed by atoms with Crippen LogP contribution in [0.1, 0.15) is 28.5 Å². The number of halogens is 3. The molecule has 0 aliphatic rings. The van der Waals surface area contributed by atoms with Gasteiger partial charge in [-0.15, -0.1) is 0 Å². The lowest BCUT2D eigenvalue weighted by molar-refractivity contribution is -0.143. The quantitative estimate of drug-likeness (QED) is 0.941. The maximum atomic E-state index is 13.0. The normalized spacial score (nSPS) is 11.6. The molecule has 1 N–H and O–H groups in total. The summed E-state index contributed by atoms with van der Waals surface area (Å²) in [5.74, 6) is -1.75. The van der Waals surface area contributed by atoms with Gasteiger partial charge in [0.05, 0.1) is 6.20 Å². The van der Waals surface area contributed by atoms with Crippen LogP contribution in [-0.4, -0.2) is 25.8 Å². The van der Waals surface area contributed by atoms with Crippen molar-refractivity contribution in [3.05, 3.63) is 41.3 Å². The Labute approximate surface area is 111 Å². The highest BCUT2D eigenvalue weighted by molar-refractivity contribution is 5.89. The Morgan fingerprint density at radius 1 is 1.45 bits per heavy atom. The largest absolute Gasteiger partial charge is 0.478 e. The molecule has 2 aromatic rings. The molecule has 0 aliphatic heterocycles. The summed E-state index contributed by atoms with van der Waals surface area (Å²) in [5.41, 5.74) is -1.47. The number of pyridine rings is 1. The second kappa shape index (κ2) is 4.95. The highest BCUT2D eigenvalue weighted by atomic mass is 19.4. The molecule has 8 heteroatoms. The number of hydrogen-bond acceptors (Lipinski definition) is 3. The lowest BCUT2D eigenvalue weighted by Gasteiger charge is -2.11. The van der Waals surface area contributed by atoms with Crippen molar-refractivity contribution in [3.8, 4) is 5.82 Å². The first-order valence-electron chi connectivity index (χ1n) is 5.68. The molecule has 20 heavy (non-hydrogen) atoms. The van der Waals surface area contributed by atoms with E-state index in [2.05, 4.69) is 10.1 Å². The summed E-state index contributed by atoms with van der Waals surface area (Å²) < 4.78 is 39.6. The Morgan fingerprint density at radius 2 is 2.15 bits per heavy atom. The number of alkyl halides is 3. The van der Waals surface area contributed by atoms with Gasteiger partial charge in [-0.25, -0.2) is 14.5 Å². The molecule has 0 radical (unpaired) electrons. The lowest BCUT2D eigenvalue weighted by Crippen LogP contribution is -2.18. The molecule has 106 valence electrons. The van der Waals surface area contributed by atoms with E-state index in [-0.39, 0.29) is 5.82 Å². The van der Waals surface area contributed by atoms with Gasteiger partial charge in [-0.05, 0) is 24.1 Å². The fraction of sp³-hybridized carbons (Fsp3) is 0.250. The summed E-state index contributed by atoms with van der Waals surface area (Å²) >= 11 is 0. The van der Waals surface area contributed by atoms with Crippen molar-refractivity contribution in [1.82, 2.24) is 14.8 Å². The summed E-state index contributed by atoms with van der Waals surface area (Å²) in [7, 11) is 0. The summed E-state index contributed by atoms with van der Waals surface area (Å²) in [4.78, 5) is 14.7. The summed E-state index contributed by atoms with van der Waals surface area (Å²) in [6, 6.07) is 3.10. The molecule has 0 aromatic carbocycles. The van der Waals surface area contributed by atoms with E-state index in [0.29, 0.717) is 17.3 Å². The number of aryl methyl sites for hydroxylation is 1. The molecule has 2 rings (SSSR count). The number of carbonyl (C=O) groups is 1. The van der Waals surface area contributed by atoms with Gasteiger partial charge in [-0.1, -0.05) is 6.92 Å². The molecule has 2 aromatic heterocycles. The average Bonchev–Trinajstić information content (AvgIpc) is 2.83. The molecule has 0 unspecified atom stereocenters. The van der Waals surface area contributed by atoms with Crippen LogP contribution in [-0.2, 0) is 12.6 Å². The van der Waals surface area contributed by atoms with Gasteiger partial charge in [0, 0.05) is 6.20 Å². The number of aromatic carboxylic acids is 1. The van der Waals surface area contributed by atoms with Gasteiger partial charge in [0.15, 0.2) is 11.5 Å². The van der Waals surface area contributed by atoms with E-state index >= 15 is 0 Å². The van der Waals surface area contributed by atoms with E-state index < -0.39 is 23.4 Å². The topological polar surface area (TPSA) is 68.0 Å². The number of carboxylic acids is 1. The third kappa shape index (κ3) is 2.49. The smallest absolute Gasteiger partial charge is 0.434 e. The van der Waals surface area contributed by atoms with Gasteiger partial charge in [0.2, 0.25) is 0 Å². The molecule has 0 saturated carbocycles. The van der Waals surface area contributed by atoms with Crippen molar-refractivity contribution in [1.29, 1.82) is 0 Å². The number of rotatable bonds is 3. The molecule has 0 bridgehead atoms. The van der Waals surface area contributed by atoms with Crippen LogP contribution in [0.5, 0.6) is 0 Å². The van der Waals surface area contributed by atoms with Gasteiger partial charge in [0.25, 0.3) is 0 Å². The minimum Gasteiger partial charge on any atom is -0.478 e. The molecule has 0 aliphatic carbocycles. The molecule has 0 fully saturated rings. The van der Waals surface area contributed by atoms with E-state index in [9.17, 15) is 18.0 Å². The Kier molecular flexibility index (Phi) is 3.47. The van der Waals surface area contributed by atoms with Crippen LogP contribution in [0.15, 0.2) is 24.5 Å². The Balaban J connectivity index is 2.65. The zero-order valence-electron chi connectivity index (χ0n) is 10.3. The van der Waals surface area contributed by atoms with E-state index in [1.165, 1.54) is 12.3 Å². The Bertz CT molecular complexity index is 650. The summed E-state index contributed by atoms with van der Waals surface area (Å²) in [6.07, 6.45) is -2.19.